The molecule has 8 heteroatoms. The van der Waals surface area contributed by atoms with E-state index < -0.39 is 0 Å². The molecular weight excluding hydrogens is 493 g/mol. The zero-order valence-electron chi connectivity index (χ0n) is 19.9. The topological polar surface area (TPSA) is 57.4 Å². The number of anilines is 3. The molecule has 0 unspecified atom stereocenters. The van der Waals surface area contributed by atoms with Crippen molar-refractivity contribution < 1.29 is 4.42 Å². The van der Waals surface area contributed by atoms with Crippen LogP contribution in [0.4, 0.5) is 17.2 Å². The maximum atomic E-state index is 6.35. The number of para-hydroxylation sites is 1. The summed E-state index contributed by atoms with van der Waals surface area (Å²) >= 11 is 6.35. The second kappa shape index (κ2) is 10.3. The van der Waals surface area contributed by atoms with Gasteiger partial charge >= 0.3 is 0 Å². The molecule has 1 saturated heterocycles. The number of nitrogens with one attached hydrogen (secondary N) is 1. The van der Waals surface area contributed by atoms with Gasteiger partial charge in [0.15, 0.2) is 11.4 Å². The molecule has 0 amide bonds. The molecule has 1 N–H and O–H groups in total. The van der Waals surface area contributed by atoms with Crippen molar-refractivity contribution in [2.75, 3.05) is 36.4 Å². The van der Waals surface area contributed by atoms with Gasteiger partial charge in [-0.2, -0.15) is 0 Å². The Bertz CT molecular complexity index is 1490. The highest BCUT2D eigenvalue weighted by Crippen LogP contribution is 2.33. The van der Waals surface area contributed by atoms with Crippen molar-refractivity contribution in [3.8, 4) is 0 Å². The normalized spacial score (nSPS) is 14.2. The quantitative estimate of drug-likeness (QED) is 0.274. The summed E-state index contributed by atoms with van der Waals surface area (Å²) in [4.78, 5) is 14.1. The molecule has 36 heavy (non-hydrogen) atoms. The predicted molar refractivity (Wildman–Crippen MR) is 150 cm³/mol. The van der Waals surface area contributed by atoms with E-state index in [1.165, 1.54) is 11.3 Å². The Labute approximate surface area is 221 Å². The minimum atomic E-state index is 0. The number of rotatable bonds is 5. The van der Waals surface area contributed by atoms with Crippen LogP contribution in [0, 0.1) is 6.92 Å². The van der Waals surface area contributed by atoms with Crippen molar-refractivity contribution in [2.45, 2.75) is 13.5 Å². The Balaban J connectivity index is 0.00000267. The summed E-state index contributed by atoms with van der Waals surface area (Å²) in [5, 5.41) is 5.28. The number of piperazine rings is 1. The van der Waals surface area contributed by atoms with Crippen molar-refractivity contribution in [2.24, 2.45) is 0 Å². The molecule has 6 rings (SSSR count). The first-order chi connectivity index (χ1) is 17.1. The lowest BCUT2D eigenvalue weighted by Gasteiger charge is -2.36. The maximum absolute atomic E-state index is 6.35. The Morgan fingerprint density at radius 2 is 1.61 bits per heavy atom. The van der Waals surface area contributed by atoms with Gasteiger partial charge in [0.1, 0.15) is 16.9 Å². The lowest BCUT2D eigenvalue weighted by molar-refractivity contribution is 0.250. The smallest absolute Gasteiger partial charge is 0.196 e. The van der Waals surface area contributed by atoms with Crippen molar-refractivity contribution in [3.63, 3.8) is 0 Å². The number of benzene rings is 3. The van der Waals surface area contributed by atoms with Gasteiger partial charge in [-0.05, 0) is 55.0 Å². The first kappa shape index (κ1) is 24.4. The predicted octanol–water partition coefficient (Wildman–Crippen LogP) is 6.83. The van der Waals surface area contributed by atoms with Crippen molar-refractivity contribution in [1.29, 1.82) is 0 Å². The van der Waals surface area contributed by atoms with E-state index in [1.807, 2.05) is 43.3 Å². The van der Waals surface area contributed by atoms with E-state index in [9.17, 15) is 0 Å². The minimum Gasteiger partial charge on any atom is -0.450 e. The fraction of sp³-hybridized carbons (Fsp3) is 0.214. The van der Waals surface area contributed by atoms with E-state index in [1.54, 1.807) is 0 Å². The fourth-order valence-corrected chi connectivity index (χ4v) is 4.91. The standard InChI is InChI=1S/C28H26ClN5O.ClH/c1-19-30-26-23-7-3-5-9-25(23)35-27(26)28(31-19)32-21-10-12-22(13-11-21)34-16-14-33(15-17-34)18-20-6-2-4-8-24(20)29;/h2-13H,14-18H2,1H3,(H,30,31,32);1H. The number of hydrogen-bond acceptors (Lipinski definition) is 6. The molecule has 3 heterocycles. The summed E-state index contributed by atoms with van der Waals surface area (Å²) in [5.74, 6) is 1.39. The van der Waals surface area contributed by atoms with Crippen LogP contribution < -0.4 is 10.2 Å². The van der Waals surface area contributed by atoms with E-state index in [0.29, 0.717) is 17.2 Å². The van der Waals surface area contributed by atoms with Crippen LogP contribution in [-0.4, -0.2) is 41.0 Å². The number of furan rings is 1. The van der Waals surface area contributed by atoms with E-state index in [0.717, 1.165) is 59.9 Å². The summed E-state index contributed by atoms with van der Waals surface area (Å²) in [6.45, 7) is 6.79. The summed E-state index contributed by atoms with van der Waals surface area (Å²) < 4.78 is 6.08. The van der Waals surface area contributed by atoms with Crippen LogP contribution >= 0.6 is 24.0 Å². The van der Waals surface area contributed by atoms with Gasteiger partial charge in [0, 0.05) is 54.5 Å². The monoisotopic (exact) mass is 519 g/mol. The molecule has 1 fully saturated rings. The Morgan fingerprint density at radius 1 is 0.889 bits per heavy atom. The zero-order chi connectivity index (χ0) is 23.8. The number of aromatic nitrogens is 2. The lowest BCUT2D eigenvalue weighted by atomic mass is 10.2. The van der Waals surface area contributed by atoms with Gasteiger partial charge in [-0.15, -0.1) is 12.4 Å². The molecule has 0 atom stereocenters. The molecule has 3 aromatic carbocycles. The highest BCUT2D eigenvalue weighted by Gasteiger charge is 2.19. The highest BCUT2D eigenvalue weighted by atomic mass is 35.5. The molecule has 0 bridgehead atoms. The maximum Gasteiger partial charge on any atom is 0.196 e. The summed E-state index contributed by atoms with van der Waals surface area (Å²) in [6, 6.07) is 24.6. The van der Waals surface area contributed by atoms with Crippen molar-refractivity contribution in [3.05, 3.63) is 89.2 Å². The van der Waals surface area contributed by atoms with Gasteiger partial charge in [-0.3, -0.25) is 4.90 Å². The summed E-state index contributed by atoms with van der Waals surface area (Å²) in [6.07, 6.45) is 0. The van der Waals surface area contributed by atoms with E-state index >= 15 is 0 Å². The fourth-order valence-electron chi connectivity index (χ4n) is 4.71. The number of nitrogens with zero attached hydrogens (tertiary/aromatic N) is 4. The molecular formula is C28H27Cl2N5O. The lowest BCUT2D eigenvalue weighted by Crippen LogP contribution is -2.46. The summed E-state index contributed by atoms with van der Waals surface area (Å²) in [7, 11) is 0. The minimum absolute atomic E-state index is 0. The zero-order valence-corrected chi connectivity index (χ0v) is 21.5. The average Bonchev–Trinajstić information content (AvgIpc) is 3.25. The van der Waals surface area contributed by atoms with Crippen LogP contribution in [0.5, 0.6) is 0 Å². The number of halogens is 2. The van der Waals surface area contributed by atoms with Crippen molar-refractivity contribution >= 4 is 63.3 Å². The molecule has 1 aliphatic rings. The van der Waals surface area contributed by atoms with Gasteiger partial charge < -0.3 is 14.6 Å². The third-order valence-corrected chi connectivity index (χ3v) is 6.92. The molecule has 0 spiro atoms. The number of aryl methyl sites for hydroxylation is 1. The molecule has 5 aromatic rings. The molecule has 0 saturated carbocycles. The Morgan fingerprint density at radius 3 is 2.39 bits per heavy atom. The first-order valence-corrected chi connectivity index (χ1v) is 12.3. The second-order valence-electron chi connectivity index (χ2n) is 8.92. The largest absolute Gasteiger partial charge is 0.450 e. The van der Waals surface area contributed by atoms with E-state index in [2.05, 4.69) is 61.5 Å². The van der Waals surface area contributed by atoms with Gasteiger partial charge in [0.2, 0.25) is 0 Å². The highest BCUT2D eigenvalue weighted by molar-refractivity contribution is 6.31. The number of fused-ring (bicyclic) bond motifs is 3. The number of hydrogen-bond donors (Lipinski definition) is 1. The Hall–Kier alpha value is -3.32. The Kier molecular flexibility index (Phi) is 7.01. The summed E-state index contributed by atoms with van der Waals surface area (Å²) in [5.41, 5.74) is 5.70. The van der Waals surface area contributed by atoms with Crippen LogP contribution in [-0.2, 0) is 6.54 Å². The van der Waals surface area contributed by atoms with Gasteiger partial charge in [0.25, 0.3) is 0 Å². The van der Waals surface area contributed by atoms with Gasteiger partial charge in [-0.25, -0.2) is 9.97 Å². The van der Waals surface area contributed by atoms with E-state index in [-0.39, 0.29) is 12.4 Å². The van der Waals surface area contributed by atoms with Crippen molar-refractivity contribution in [1.82, 2.24) is 14.9 Å². The molecule has 184 valence electrons. The first-order valence-electron chi connectivity index (χ1n) is 11.9. The molecule has 2 aromatic heterocycles. The molecule has 6 nitrogen and oxygen atoms in total. The molecule has 0 aliphatic carbocycles. The van der Waals surface area contributed by atoms with Crippen LogP contribution in [0.1, 0.15) is 11.4 Å². The van der Waals surface area contributed by atoms with Gasteiger partial charge in [0.05, 0.1) is 0 Å². The van der Waals surface area contributed by atoms with E-state index in [4.69, 9.17) is 16.0 Å². The van der Waals surface area contributed by atoms with Crippen LogP contribution in [0.2, 0.25) is 5.02 Å². The van der Waals surface area contributed by atoms with Gasteiger partial charge in [-0.1, -0.05) is 41.9 Å². The SMILES string of the molecule is Cc1nc(Nc2ccc(N3CCN(Cc4ccccc4Cl)CC3)cc2)c2oc3ccccc3c2n1.Cl. The molecule has 0 radical (unpaired) electrons. The molecule has 1 aliphatic heterocycles. The third-order valence-electron chi connectivity index (χ3n) is 6.55. The second-order valence-corrected chi connectivity index (χ2v) is 9.33. The van der Waals surface area contributed by atoms with Crippen LogP contribution in [0.3, 0.4) is 0 Å². The average molecular weight is 520 g/mol. The van der Waals surface area contributed by atoms with Crippen LogP contribution in [0.25, 0.3) is 22.1 Å². The third kappa shape index (κ3) is 4.85. The van der Waals surface area contributed by atoms with Crippen LogP contribution in [0.15, 0.2) is 77.2 Å².